The highest BCUT2D eigenvalue weighted by atomic mass is 19.1. The molecule has 2 aromatic rings. The van der Waals surface area contributed by atoms with Crippen LogP contribution in [0.25, 0.3) is 0 Å². The van der Waals surface area contributed by atoms with Gasteiger partial charge in [-0.05, 0) is 30.2 Å². The maximum Gasteiger partial charge on any atom is 0.251 e. The van der Waals surface area contributed by atoms with Crippen molar-refractivity contribution in [2.45, 2.75) is 18.4 Å². The van der Waals surface area contributed by atoms with Gasteiger partial charge in [-0.1, -0.05) is 18.2 Å². The zero-order valence-electron chi connectivity index (χ0n) is 10.2. The number of amides is 1. The van der Waals surface area contributed by atoms with Crippen molar-refractivity contribution in [2.24, 2.45) is 0 Å². The Bertz CT molecular complexity index is 600. The van der Waals surface area contributed by atoms with Gasteiger partial charge in [0.05, 0.1) is 0 Å². The van der Waals surface area contributed by atoms with E-state index in [1.165, 1.54) is 6.07 Å². The fourth-order valence-electron chi connectivity index (χ4n) is 2.23. The zero-order chi connectivity index (χ0) is 13.2. The van der Waals surface area contributed by atoms with E-state index in [0.29, 0.717) is 11.1 Å². The first-order valence-electron chi connectivity index (χ1n) is 6.21. The topological polar surface area (TPSA) is 42.0 Å². The van der Waals surface area contributed by atoms with Crippen LogP contribution in [0.5, 0.6) is 0 Å². The molecule has 3 nitrogen and oxygen atoms in total. The Hall–Kier alpha value is -2.23. The van der Waals surface area contributed by atoms with Gasteiger partial charge in [-0.2, -0.15) is 0 Å². The van der Waals surface area contributed by atoms with E-state index < -0.39 is 0 Å². The van der Waals surface area contributed by atoms with Crippen molar-refractivity contribution in [2.75, 3.05) is 0 Å². The van der Waals surface area contributed by atoms with Gasteiger partial charge in [-0.15, -0.1) is 0 Å². The Morgan fingerprint density at radius 3 is 2.68 bits per heavy atom. The van der Waals surface area contributed by atoms with E-state index in [1.54, 1.807) is 36.7 Å². The third-order valence-corrected chi connectivity index (χ3v) is 3.35. The Labute approximate surface area is 110 Å². The molecule has 0 aliphatic heterocycles. The van der Waals surface area contributed by atoms with Gasteiger partial charge < -0.3 is 5.32 Å². The fraction of sp³-hybridized carbons (Fsp3) is 0.200. The lowest BCUT2D eigenvalue weighted by Gasteiger charge is -2.05. The summed E-state index contributed by atoms with van der Waals surface area (Å²) >= 11 is 0. The molecule has 2 unspecified atom stereocenters. The van der Waals surface area contributed by atoms with E-state index in [-0.39, 0.29) is 23.7 Å². The molecule has 1 saturated carbocycles. The first-order valence-corrected chi connectivity index (χ1v) is 6.21. The fourth-order valence-corrected chi connectivity index (χ4v) is 2.23. The standard InChI is InChI=1S/C15H13FN2O/c16-13-4-2-1-3-11(13)12-9-14(12)18-15(19)10-5-7-17-8-6-10/h1-8,12,14H,9H2,(H,18,19). The molecule has 1 heterocycles. The minimum atomic E-state index is -0.201. The normalized spacial score (nSPS) is 20.9. The van der Waals surface area contributed by atoms with E-state index in [9.17, 15) is 9.18 Å². The van der Waals surface area contributed by atoms with Gasteiger partial charge in [-0.3, -0.25) is 9.78 Å². The number of carbonyl (C=O) groups excluding carboxylic acids is 1. The van der Waals surface area contributed by atoms with Crippen molar-refractivity contribution < 1.29 is 9.18 Å². The average molecular weight is 256 g/mol. The van der Waals surface area contributed by atoms with Crippen LogP contribution in [0.2, 0.25) is 0 Å². The van der Waals surface area contributed by atoms with Crippen molar-refractivity contribution in [3.8, 4) is 0 Å². The first-order chi connectivity index (χ1) is 9.25. The molecule has 1 aromatic carbocycles. The third-order valence-electron chi connectivity index (χ3n) is 3.35. The summed E-state index contributed by atoms with van der Waals surface area (Å²) in [6.45, 7) is 0. The molecule has 1 amide bonds. The molecule has 4 heteroatoms. The summed E-state index contributed by atoms with van der Waals surface area (Å²) in [6, 6.07) is 10.1. The van der Waals surface area contributed by atoms with Crippen molar-refractivity contribution in [3.05, 3.63) is 65.7 Å². The third kappa shape index (κ3) is 2.47. The molecule has 1 fully saturated rings. The Morgan fingerprint density at radius 2 is 1.95 bits per heavy atom. The molecular weight excluding hydrogens is 243 g/mol. The van der Waals surface area contributed by atoms with Gasteiger partial charge in [0.25, 0.3) is 5.91 Å². The molecule has 0 radical (unpaired) electrons. The maximum absolute atomic E-state index is 13.6. The van der Waals surface area contributed by atoms with Crippen LogP contribution in [0.4, 0.5) is 4.39 Å². The summed E-state index contributed by atoms with van der Waals surface area (Å²) in [5.74, 6) is -0.244. The summed E-state index contributed by atoms with van der Waals surface area (Å²) < 4.78 is 13.6. The molecule has 0 bridgehead atoms. The zero-order valence-corrected chi connectivity index (χ0v) is 10.2. The minimum Gasteiger partial charge on any atom is -0.349 e. The molecule has 0 saturated heterocycles. The number of hydrogen-bond donors (Lipinski definition) is 1. The molecule has 3 rings (SSSR count). The van der Waals surface area contributed by atoms with Crippen LogP contribution in [0.1, 0.15) is 28.3 Å². The van der Waals surface area contributed by atoms with Gasteiger partial charge in [0.15, 0.2) is 0 Å². The lowest BCUT2D eigenvalue weighted by Crippen LogP contribution is -2.26. The summed E-state index contributed by atoms with van der Waals surface area (Å²) in [6.07, 6.45) is 3.95. The van der Waals surface area contributed by atoms with Crippen LogP contribution >= 0.6 is 0 Å². The highest BCUT2D eigenvalue weighted by Gasteiger charge is 2.40. The molecule has 96 valence electrons. The lowest BCUT2D eigenvalue weighted by atomic mass is 10.1. The summed E-state index contributed by atoms with van der Waals surface area (Å²) in [5, 5.41) is 2.91. The number of nitrogens with one attached hydrogen (secondary N) is 1. The Balaban J connectivity index is 1.65. The van der Waals surface area contributed by atoms with E-state index in [4.69, 9.17) is 0 Å². The SMILES string of the molecule is O=C(NC1CC1c1ccccc1F)c1ccncc1. The molecule has 2 atom stereocenters. The van der Waals surface area contributed by atoms with Gasteiger partial charge >= 0.3 is 0 Å². The average Bonchev–Trinajstić information content (AvgIpc) is 3.19. The molecule has 1 N–H and O–H groups in total. The molecule has 1 aliphatic rings. The number of hydrogen-bond acceptors (Lipinski definition) is 2. The first kappa shape index (κ1) is 11.8. The van der Waals surface area contributed by atoms with Crippen LogP contribution in [0.15, 0.2) is 48.8 Å². The molecular formula is C15H13FN2O. The number of halogens is 1. The van der Waals surface area contributed by atoms with Crippen LogP contribution < -0.4 is 5.32 Å². The van der Waals surface area contributed by atoms with Crippen LogP contribution in [-0.2, 0) is 0 Å². The van der Waals surface area contributed by atoms with Gasteiger partial charge in [0, 0.05) is 29.9 Å². The van der Waals surface area contributed by atoms with Crippen LogP contribution in [0, 0.1) is 5.82 Å². The number of benzene rings is 1. The second-order valence-corrected chi connectivity index (χ2v) is 4.68. The molecule has 19 heavy (non-hydrogen) atoms. The van der Waals surface area contributed by atoms with E-state index >= 15 is 0 Å². The van der Waals surface area contributed by atoms with Crippen LogP contribution in [-0.4, -0.2) is 16.9 Å². The maximum atomic E-state index is 13.6. The summed E-state index contributed by atoms with van der Waals surface area (Å²) in [5.41, 5.74) is 1.26. The molecule has 1 aromatic heterocycles. The second kappa shape index (κ2) is 4.80. The Kier molecular flexibility index (Phi) is 2.99. The predicted molar refractivity (Wildman–Crippen MR) is 69.2 cm³/mol. The minimum absolute atomic E-state index is 0.0255. The Morgan fingerprint density at radius 1 is 1.21 bits per heavy atom. The van der Waals surface area contributed by atoms with E-state index in [0.717, 1.165) is 6.42 Å². The second-order valence-electron chi connectivity index (χ2n) is 4.68. The molecule has 0 spiro atoms. The van der Waals surface area contributed by atoms with Gasteiger partial charge in [-0.25, -0.2) is 4.39 Å². The van der Waals surface area contributed by atoms with Crippen molar-refractivity contribution in [1.29, 1.82) is 0 Å². The number of pyridine rings is 1. The number of rotatable bonds is 3. The number of carbonyl (C=O) groups is 1. The van der Waals surface area contributed by atoms with Gasteiger partial charge in [0.2, 0.25) is 0 Å². The van der Waals surface area contributed by atoms with Crippen molar-refractivity contribution in [1.82, 2.24) is 10.3 Å². The largest absolute Gasteiger partial charge is 0.349 e. The van der Waals surface area contributed by atoms with Crippen molar-refractivity contribution >= 4 is 5.91 Å². The predicted octanol–water partition coefficient (Wildman–Crippen LogP) is 2.51. The smallest absolute Gasteiger partial charge is 0.251 e. The van der Waals surface area contributed by atoms with E-state index in [1.807, 2.05) is 6.07 Å². The highest BCUT2D eigenvalue weighted by molar-refractivity contribution is 5.94. The summed E-state index contributed by atoms with van der Waals surface area (Å²) in [7, 11) is 0. The quantitative estimate of drug-likeness (QED) is 0.916. The lowest BCUT2D eigenvalue weighted by molar-refractivity contribution is 0.0950. The highest BCUT2D eigenvalue weighted by Crippen LogP contribution is 2.41. The number of nitrogens with zero attached hydrogens (tertiary/aromatic N) is 1. The summed E-state index contributed by atoms with van der Waals surface area (Å²) in [4.78, 5) is 15.8. The van der Waals surface area contributed by atoms with Crippen molar-refractivity contribution in [3.63, 3.8) is 0 Å². The molecule has 1 aliphatic carbocycles. The van der Waals surface area contributed by atoms with E-state index in [2.05, 4.69) is 10.3 Å². The van der Waals surface area contributed by atoms with Gasteiger partial charge in [0.1, 0.15) is 5.82 Å². The number of aromatic nitrogens is 1. The van der Waals surface area contributed by atoms with Crippen LogP contribution in [0.3, 0.4) is 0 Å². The monoisotopic (exact) mass is 256 g/mol.